The molecule has 3 nitrogen and oxygen atoms in total. The summed E-state index contributed by atoms with van der Waals surface area (Å²) in [5.41, 5.74) is 4.53. The minimum absolute atomic E-state index is 0.463. The molecule has 0 N–H and O–H groups in total. The molecular formula is C27H19NO2. The molecule has 0 atom stereocenters. The van der Waals surface area contributed by atoms with Crippen molar-refractivity contribution in [1.29, 1.82) is 0 Å². The number of nitrogens with zero attached hydrogens (tertiary/aromatic N) is 1. The predicted octanol–water partition coefficient (Wildman–Crippen LogP) is 6.09. The van der Waals surface area contributed by atoms with Crippen LogP contribution in [0.5, 0.6) is 5.75 Å². The highest BCUT2D eigenvalue weighted by molar-refractivity contribution is 6.04. The molecule has 1 heterocycles. The zero-order valence-corrected chi connectivity index (χ0v) is 16.5. The Labute approximate surface area is 175 Å². The summed E-state index contributed by atoms with van der Waals surface area (Å²) in [5, 5.41) is 2.09. The highest BCUT2D eigenvalue weighted by atomic mass is 16.5. The van der Waals surface area contributed by atoms with Crippen molar-refractivity contribution < 1.29 is 9.53 Å². The van der Waals surface area contributed by atoms with Gasteiger partial charge in [0, 0.05) is 18.7 Å². The number of rotatable bonds is 3. The lowest BCUT2D eigenvalue weighted by Crippen LogP contribution is -2.13. The molecule has 0 amide bonds. The zero-order valence-electron chi connectivity index (χ0n) is 16.5. The van der Waals surface area contributed by atoms with Crippen LogP contribution in [0.1, 0.15) is 5.56 Å². The summed E-state index contributed by atoms with van der Waals surface area (Å²) >= 11 is 0. The molecule has 0 aliphatic carbocycles. The third-order valence-corrected chi connectivity index (χ3v) is 5.43. The molecule has 30 heavy (non-hydrogen) atoms. The van der Waals surface area contributed by atoms with E-state index in [1.54, 1.807) is 6.08 Å². The van der Waals surface area contributed by atoms with Gasteiger partial charge in [-0.2, -0.15) is 0 Å². The number of hydrogen-bond acceptors (Lipinski definition) is 3. The van der Waals surface area contributed by atoms with Gasteiger partial charge in [-0.05, 0) is 34.0 Å². The van der Waals surface area contributed by atoms with E-state index < -0.39 is 0 Å². The molecule has 0 aromatic heterocycles. The van der Waals surface area contributed by atoms with Crippen LogP contribution in [0.25, 0.3) is 27.5 Å². The second-order valence-corrected chi connectivity index (χ2v) is 7.23. The minimum Gasteiger partial charge on any atom is -0.439 e. The van der Waals surface area contributed by atoms with Gasteiger partial charge < -0.3 is 9.64 Å². The minimum atomic E-state index is 0.463. The molecule has 3 heteroatoms. The lowest BCUT2D eigenvalue weighted by atomic mass is 9.99. The summed E-state index contributed by atoms with van der Waals surface area (Å²) in [7, 11) is 1.94. The van der Waals surface area contributed by atoms with Gasteiger partial charge in [0.15, 0.2) is 5.75 Å². The van der Waals surface area contributed by atoms with E-state index in [9.17, 15) is 4.79 Å². The molecule has 0 radical (unpaired) electrons. The lowest BCUT2D eigenvalue weighted by molar-refractivity contribution is 0.444. The first-order valence-electron chi connectivity index (χ1n) is 9.80. The van der Waals surface area contributed by atoms with Crippen molar-refractivity contribution in [2.45, 2.75) is 0 Å². The average molecular weight is 389 g/mol. The molecule has 0 fully saturated rings. The summed E-state index contributed by atoms with van der Waals surface area (Å²) in [6.07, 6.45) is 1.76. The summed E-state index contributed by atoms with van der Waals surface area (Å²) in [5.74, 6) is 3.47. The van der Waals surface area contributed by atoms with Crippen molar-refractivity contribution in [2.24, 2.45) is 0 Å². The highest BCUT2D eigenvalue weighted by Crippen LogP contribution is 2.41. The first kappa shape index (κ1) is 18.0. The maximum absolute atomic E-state index is 11.9. The average Bonchev–Trinajstić information content (AvgIpc) is 3.12. The van der Waals surface area contributed by atoms with Gasteiger partial charge in [0.05, 0.1) is 11.3 Å². The van der Waals surface area contributed by atoms with E-state index in [-0.39, 0.29) is 0 Å². The molecule has 4 aromatic rings. The van der Waals surface area contributed by atoms with E-state index in [0.717, 1.165) is 38.9 Å². The van der Waals surface area contributed by atoms with E-state index in [4.69, 9.17) is 4.74 Å². The van der Waals surface area contributed by atoms with Gasteiger partial charge in [-0.25, -0.2) is 4.79 Å². The van der Waals surface area contributed by atoms with E-state index in [1.807, 2.05) is 84.7 Å². The molecule has 0 unspecified atom stereocenters. The summed E-state index contributed by atoms with van der Waals surface area (Å²) < 4.78 is 6.06. The Morgan fingerprint density at radius 2 is 1.63 bits per heavy atom. The SMILES string of the molecule is CN1C(=CC(=C=O)c2cccc3ccccc23)Oc2ccc(-c3ccccc3)cc21. The fourth-order valence-electron chi connectivity index (χ4n) is 3.85. The van der Waals surface area contributed by atoms with E-state index in [1.165, 1.54) is 0 Å². The van der Waals surface area contributed by atoms with Crippen LogP contribution < -0.4 is 9.64 Å². The van der Waals surface area contributed by atoms with E-state index in [0.29, 0.717) is 11.5 Å². The highest BCUT2D eigenvalue weighted by Gasteiger charge is 2.24. The fourth-order valence-corrected chi connectivity index (χ4v) is 3.85. The number of allylic oxidation sites excluding steroid dienone is 2. The first-order chi connectivity index (χ1) is 14.7. The van der Waals surface area contributed by atoms with Gasteiger partial charge in [-0.3, -0.25) is 0 Å². The smallest absolute Gasteiger partial charge is 0.201 e. The summed E-state index contributed by atoms with van der Waals surface area (Å²) in [6.45, 7) is 0. The van der Waals surface area contributed by atoms with E-state index >= 15 is 0 Å². The van der Waals surface area contributed by atoms with Crippen LogP contribution in [-0.4, -0.2) is 13.0 Å². The Balaban J connectivity index is 1.53. The van der Waals surface area contributed by atoms with Crippen LogP contribution in [0.15, 0.2) is 103 Å². The molecule has 5 rings (SSSR count). The van der Waals surface area contributed by atoms with Crippen LogP contribution in [0, 0.1) is 0 Å². The van der Waals surface area contributed by atoms with Gasteiger partial charge in [-0.15, -0.1) is 0 Å². The van der Waals surface area contributed by atoms with Crippen LogP contribution in [0.3, 0.4) is 0 Å². The van der Waals surface area contributed by atoms with Crippen molar-refractivity contribution >= 4 is 28.0 Å². The molecular weight excluding hydrogens is 370 g/mol. The summed E-state index contributed by atoms with van der Waals surface area (Å²) in [6, 6.07) is 30.3. The molecule has 0 saturated carbocycles. The number of carbonyl (C=O) groups excluding carboxylic acids is 1. The lowest BCUT2D eigenvalue weighted by Gasteiger charge is -2.12. The Hall–Kier alpha value is -4.07. The molecule has 0 bridgehead atoms. The third-order valence-electron chi connectivity index (χ3n) is 5.43. The van der Waals surface area contributed by atoms with Crippen molar-refractivity contribution in [1.82, 2.24) is 0 Å². The Morgan fingerprint density at radius 1 is 0.867 bits per heavy atom. The largest absolute Gasteiger partial charge is 0.439 e. The molecule has 1 aliphatic heterocycles. The van der Waals surface area contributed by atoms with Crippen molar-refractivity contribution in [3.63, 3.8) is 0 Å². The quantitative estimate of drug-likeness (QED) is 0.397. The van der Waals surface area contributed by atoms with Gasteiger partial charge in [0.1, 0.15) is 5.94 Å². The Morgan fingerprint density at radius 3 is 2.47 bits per heavy atom. The Kier molecular flexibility index (Phi) is 4.44. The topological polar surface area (TPSA) is 29.5 Å². The van der Waals surface area contributed by atoms with Gasteiger partial charge in [-0.1, -0.05) is 78.9 Å². The molecule has 0 saturated heterocycles. The number of hydrogen-bond donors (Lipinski definition) is 0. The number of ether oxygens (including phenoxy) is 1. The van der Waals surface area contributed by atoms with Crippen molar-refractivity contribution in [3.8, 4) is 16.9 Å². The maximum Gasteiger partial charge on any atom is 0.201 e. The second-order valence-electron chi connectivity index (χ2n) is 7.23. The predicted molar refractivity (Wildman–Crippen MR) is 122 cm³/mol. The van der Waals surface area contributed by atoms with Crippen molar-refractivity contribution in [3.05, 3.63) is 109 Å². The van der Waals surface area contributed by atoms with Crippen molar-refractivity contribution in [2.75, 3.05) is 11.9 Å². The van der Waals surface area contributed by atoms with Gasteiger partial charge in [0.2, 0.25) is 5.88 Å². The fraction of sp³-hybridized carbons (Fsp3) is 0.0370. The zero-order chi connectivity index (χ0) is 20.5. The van der Waals surface area contributed by atoms with E-state index in [2.05, 4.69) is 24.1 Å². The second kappa shape index (κ2) is 7.40. The van der Waals surface area contributed by atoms with Gasteiger partial charge in [0.25, 0.3) is 0 Å². The van der Waals surface area contributed by atoms with Crippen LogP contribution in [0.2, 0.25) is 0 Å². The normalized spacial score (nSPS) is 13.8. The number of fused-ring (bicyclic) bond motifs is 2. The Bertz CT molecular complexity index is 1330. The summed E-state index contributed by atoms with van der Waals surface area (Å²) in [4.78, 5) is 13.8. The standard InChI is InChI=1S/C27H19NO2/c1-28-25-16-21(19-8-3-2-4-9-19)14-15-26(25)30-27(28)17-22(18-29)24-13-7-11-20-10-5-6-12-23(20)24/h2-17H,1H3. The molecule has 0 spiro atoms. The van der Waals surface area contributed by atoms with Gasteiger partial charge >= 0.3 is 0 Å². The first-order valence-corrected chi connectivity index (χ1v) is 9.80. The molecule has 1 aliphatic rings. The monoisotopic (exact) mass is 389 g/mol. The maximum atomic E-state index is 11.9. The van der Waals surface area contributed by atoms with Crippen LogP contribution >= 0.6 is 0 Å². The van der Waals surface area contributed by atoms with Crippen LogP contribution in [0.4, 0.5) is 5.69 Å². The number of benzene rings is 4. The molecule has 4 aromatic carbocycles. The van der Waals surface area contributed by atoms with Crippen LogP contribution in [-0.2, 0) is 4.79 Å². The molecule has 144 valence electrons. The number of anilines is 1. The third kappa shape index (κ3) is 3.08.